The molecule has 0 radical (unpaired) electrons. The van der Waals surface area contributed by atoms with Gasteiger partial charge in [-0.1, -0.05) is 6.07 Å². The summed E-state index contributed by atoms with van der Waals surface area (Å²) in [7, 11) is 0. The lowest BCUT2D eigenvalue weighted by Crippen LogP contribution is -2.36. The second-order valence-electron chi connectivity index (χ2n) is 5.88. The van der Waals surface area contributed by atoms with Crippen LogP contribution in [-0.4, -0.2) is 41.2 Å². The number of amides is 1. The van der Waals surface area contributed by atoms with Crippen molar-refractivity contribution in [3.63, 3.8) is 0 Å². The minimum atomic E-state index is -0.822. The molecule has 1 aromatic rings. The van der Waals surface area contributed by atoms with Crippen molar-refractivity contribution in [3.8, 4) is 5.75 Å². The first-order valence-electron chi connectivity index (χ1n) is 7.23. The van der Waals surface area contributed by atoms with E-state index in [0.717, 1.165) is 24.1 Å². The number of hydrogen-bond acceptors (Lipinski definition) is 4. The van der Waals surface area contributed by atoms with Crippen molar-refractivity contribution >= 4 is 17.7 Å². The van der Waals surface area contributed by atoms with Crippen LogP contribution in [0.2, 0.25) is 0 Å². The summed E-state index contributed by atoms with van der Waals surface area (Å²) < 4.78 is 5.16. The smallest absolute Gasteiger partial charge is 0.407 e. The van der Waals surface area contributed by atoms with Gasteiger partial charge in [-0.15, -0.1) is 0 Å². The first-order chi connectivity index (χ1) is 10.1. The molecule has 6 nitrogen and oxygen atoms in total. The Morgan fingerprint density at radius 3 is 3.10 bits per heavy atom. The van der Waals surface area contributed by atoms with Crippen LogP contribution in [0.1, 0.15) is 24.3 Å². The van der Waals surface area contributed by atoms with E-state index >= 15 is 0 Å². The highest BCUT2D eigenvalue weighted by Crippen LogP contribution is 2.56. The maximum absolute atomic E-state index is 11.3. The molecule has 3 aliphatic rings. The summed E-state index contributed by atoms with van der Waals surface area (Å²) >= 11 is 0. The number of fused-ring (bicyclic) bond motifs is 2. The number of likely N-dealkylation sites (tertiary alicyclic amines) is 1. The number of nitrogens with zero attached hydrogens (tertiary/aromatic N) is 1. The van der Waals surface area contributed by atoms with Gasteiger partial charge in [0.25, 0.3) is 0 Å². The molecule has 3 unspecified atom stereocenters. The van der Waals surface area contributed by atoms with E-state index in [4.69, 9.17) is 4.74 Å². The van der Waals surface area contributed by atoms with Crippen LogP contribution in [0.15, 0.2) is 18.2 Å². The van der Waals surface area contributed by atoms with E-state index in [1.54, 1.807) is 11.0 Å². The molecular formula is C15H16N2O4. The average molecular weight is 288 g/mol. The zero-order valence-corrected chi connectivity index (χ0v) is 11.4. The predicted octanol–water partition coefficient (Wildman–Crippen LogP) is 1.87. The molecule has 0 aromatic heterocycles. The monoisotopic (exact) mass is 288 g/mol. The second-order valence-corrected chi connectivity index (χ2v) is 5.88. The average Bonchev–Trinajstić information content (AvgIpc) is 3.20. The molecular weight excluding hydrogens is 272 g/mol. The number of rotatable bonds is 1. The van der Waals surface area contributed by atoms with Crippen LogP contribution in [0.25, 0.3) is 0 Å². The van der Waals surface area contributed by atoms with Gasteiger partial charge in [-0.2, -0.15) is 0 Å². The molecule has 0 bridgehead atoms. The van der Waals surface area contributed by atoms with Crippen LogP contribution in [-0.2, 0) is 4.79 Å². The maximum Gasteiger partial charge on any atom is 0.407 e. The Hall–Kier alpha value is -2.24. The van der Waals surface area contributed by atoms with Crippen LogP contribution in [0, 0.1) is 5.92 Å². The van der Waals surface area contributed by atoms with Crippen LogP contribution < -0.4 is 10.1 Å². The minimum absolute atomic E-state index is 0.112. The van der Waals surface area contributed by atoms with E-state index in [0.29, 0.717) is 18.2 Å². The number of nitrogens with one attached hydrogen (secondary N) is 1. The normalized spacial score (nSPS) is 29.8. The van der Waals surface area contributed by atoms with E-state index in [9.17, 15) is 14.7 Å². The van der Waals surface area contributed by atoms with E-state index in [1.165, 1.54) is 0 Å². The Labute approximate surface area is 121 Å². The molecule has 1 saturated carbocycles. The molecule has 1 saturated heterocycles. The first-order valence-corrected chi connectivity index (χ1v) is 7.23. The number of benzene rings is 1. The van der Waals surface area contributed by atoms with E-state index in [1.807, 2.05) is 12.1 Å². The Balaban J connectivity index is 1.61. The van der Waals surface area contributed by atoms with Crippen LogP contribution in [0.3, 0.4) is 0 Å². The van der Waals surface area contributed by atoms with Gasteiger partial charge in [-0.25, -0.2) is 9.59 Å². The van der Waals surface area contributed by atoms with Crippen molar-refractivity contribution in [2.75, 3.05) is 18.4 Å². The zero-order chi connectivity index (χ0) is 14.6. The molecule has 6 heteroatoms. The van der Waals surface area contributed by atoms with Gasteiger partial charge in [0, 0.05) is 18.5 Å². The zero-order valence-electron chi connectivity index (χ0n) is 11.4. The van der Waals surface area contributed by atoms with Crippen LogP contribution >= 0.6 is 0 Å². The number of carboxylic acid groups (broad SMARTS) is 1. The van der Waals surface area contributed by atoms with E-state index in [2.05, 4.69) is 5.32 Å². The van der Waals surface area contributed by atoms with Crippen molar-refractivity contribution in [2.45, 2.75) is 24.8 Å². The second kappa shape index (κ2) is 4.38. The van der Waals surface area contributed by atoms with Crippen molar-refractivity contribution in [1.82, 2.24) is 4.90 Å². The molecule has 2 aliphatic heterocycles. The molecule has 2 fully saturated rings. The number of carbonyl (C=O) groups is 2. The number of piperidine rings is 1. The molecule has 1 aromatic carbocycles. The number of ether oxygens (including phenoxy) is 1. The third-order valence-corrected chi connectivity index (χ3v) is 4.70. The number of anilines is 1. The summed E-state index contributed by atoms with van der Waals surface area (Å²) in [5.74, 6) is 0.966. The van der Waals surface area contributed by atoms with Gasteiger partial charge < -0.3 is 20.1 Å². The highest BCUT2D eigenvalue weighted by atomic mass is 16.5. The molecule has 1 amide bonds. The van der Waals surface area contributed by atoms with Gasteiger partial charge in [-0.3, -0.25) is 0 Å². The molecule has 0 spiro atoms. The molecule has 2 N–H and O–H groups in total. The van der Waals surface area contributed by atoms with Gasteiger partial charge in [0.2, 0.25) is 0 Å². The summed E-state index contributed by atoms with van der Waals surface area (Å²) in [5, 5.41) is 12.3. The van der Waals surface area contributed by atoms with Crippen LogP contribution in [0.5, 0.6) is 5.75 Å². The largest absolute Gasteiger partial charge is 0.465 e. The lowest BCUT2D eigenvalue weighted by Gasteiger charge is -2.23. The predicted molar refractivity (Wildman–Crippen MR) is 74.6 cm³/mol. The third-order valence-electron chi connectivity index (χ3n) is 4.70. The summed E-state index contributed by atoms with van der Waals surface area (Å²) in [6.45, 7) is 0.809. The number of esters is 1. The molecule has 4 rings (SSSR count). The fraction of sp³-hybridized carbons (Fsp3) is 0.467. The Bertz CT molecular complexity index is 630. The Morgan fingerprint density at radius 1 is 1.43 bits per heavy atom. The summed E-state index contributed by atoms with van der Waals surface area (Å²) in [5.41, 5.74) is 1.94. The highest BCUT2D eigenvalue weighted by molar-refractivity contribution is 5.83. The van der Waals surface area contributed by atoms with Gasteiger partial charge >= 0.3 is 12.1 Å². The SMILES string of the molecule is O=C1CNc2cc(C3C4CCCN(C(=O)O)C43)ccc2O1. The number of hydrogen-bond donors (Lipinski definition) is 2. The lowest BCUT2D eigenvalue weighted by atomic mass is 10.1. The molecule has 2 heterocycles. The van der Waals surface area contributed by atoms with Gasteiger partial charge in [0.1, 0.15) is 6.54 Å². The minimum Gasteiger partial charge on any atom is -0.465 e. The van der Waals surface area contributed by atoms with Gasteiger partial charge in [-0.05, 0) is 36.5 Å². The van der Waals surface area contributed by atoms with Crippen LogP contribution in [0.4, 0.5) is 10.5 Å². The molecule has 21 heavy (non-hydrogen) atoms. The lowest BCUT2D eigenvalue weighted by molar-refractivity contribution is -0.132. The summed E-state index contributed by atoms with van der Waals surface area (Å²) in [6.07, 6.45) is 1.20. The molecule has 1 aliphatic carbocycles. The Kier molecular flexibility index (Phi) is 2.60. The van der Waals surface area contributed by atoms with Crippen molar-refractivity contribution in [1.29, 1.82) is 0 Å². The van der Waals surface area contributed by atoms with Crippen molar-refractivity contribution < 1.29 is 19.4 Å². The fourth-order valence-corrected chi connectivity index (χ4v) is 3.75. The highest BCUT2D eigenvalue weighted by Gasteiger charge is 2.57. The summed E-state index contributed by atoms with van der Waals surface area (Å²) in [6, 6.07) is 5.84. The van der Waals surface area contributed by atoms with Gasteiger partial charge in [0.15, 0.2) is 5.75 Å². The Morgan fingerprint density at radius 2 is 2.29 bits per heavy atom. The standard InChI is InChI=1S/C15H16N2O4/c18-12-7-16-10-6-8(3-4-11(10)21-12)13-9-2-1-5-17(14(9)13)15(19)20/h3-4,6,9,13-14,16H,1-2,5,7H2,(H,19,20). The van der Waals surface area contributed by atoms with Crippen molar-refractivity contribution in [2.24, 2.45) is 5.92 Å². The van der Waals surface area contributed by atoms with E-state index in [-0.39, 0.29) is 24.5 Å². The number of carbonyl (C=O) groups excluding carboxylic acids is 1. The quantitative estimate of drug-likeness (QED) is 0.609. The topological polar surface area (TPSA) is 78.9 Å². The van der Waals surface area contributed by atoms with Gasteiger partial charge in [0.05, 0.1) is 5.69 Å². The first kappa shape index (κ1) is 12.5. The molecule has 110 valence electrons. The van der Waals surface area contributed by atoms with E-state index < -0.39 is 6.09 Å². The summed E-state index contributed by atoms with van der Waals surface area (Å²) in [4.78, 5) is 24.1. The third kappa shape index (κ3) is 1.93. The van der Waals surface area contributed by atoms with Crippen molar-refractivity contribution in [3.05, 3.63) is 23.8 Å². The maximum atomic E-state index is 11.3. The fourth-order valence-electron chi connectivity index (χ4n) is 3.75. The molecule has 3 atom stereocenters.